The number of hydrogen-bond donors (Lipinski definition) is 0. The number of ether oxygens (including phenoxy) is 1. The molecule has 4 atom stereocenters. The molecule has 0 N–H and O–H groups in total. The summed E-state index contributed by atoms with van der Waals surface area (Å²) in [5.74, 6) is 3.83. The summed E-state index contributed by atoms with van der Waals surface area (Å²) in [7, 11) is 0. The van der Waals surface area contributed by atoms with Gasteiger partial charge in [-0.05, 0) is 86.9 Å². The summed E-state index contributed by atoms with van der Waals surface area (Å²) >= 11 is 0. The van der Waals surface area contributed by atoms with Crippen LogP contribution in [0.1, 0.15) is 124 Å². The maximum Gasteiger partial charge on any atom is 0.0667 e. The van der Waals surface area contributed by atoms with Crippen LogP contribution in [0.25, 0.3) is 0 Å². The number of rotatable bonds is 10. The second-order valence-corrected chi connectivity index (χ2v) is 14.1. The summed E-state index contributed by atoms with van der Waals surface area (Å²) in [4.78, 5) is 0. The van der Waals surface area contributed by atoms with Gasteiger partial charge in [-0.1, -0.05) is 83.1 Å². The van der Waals surface area contributed by atoms with Crippen molar-refractivity contribution in [3.63, 3.8) is 0 Å². The van der Waals surface area contributed by atoms with Crippen LogP contribution in [-0.2, 0) is 4.74 Å². The Balaban J connectivity index is 5.88. The van der Waals surface area contributed by atoms with Crippen molar-refractivity contribution in [2.75, 3.05) is 0 Å². The Labute approximate surface area is 186 Å². The summed E-state index contributed by atoms with van der Waals surface area (Å²) in [5.41, 5.74) is 0.0846. The first-order valence-electron chi connectivity index (χ1n) is 12.3. The van der Waals surface area contributed by atoms with E-state index in [0.717, 1.165) is 0 Å². The Morgan fingerprint density at radius 3 is 0.897 bits per heavy atom. The first-order valence-corrected chi connectivity index (χ1v) is 12.3. The molecule has 0 spiro atoms. The van der Waals surface area contributed by atoms with Crippen molar-refractivity contribution < 1.29 is 4.74 Å². The highest BCUT2D eigenvalue weighted by Gasteiger charge is 2.47. The average Bonchev–Trinajstić information content (AvgIpc) is 2.45. The van der Waals surface area contributed by atoms with Gasteiger partial charge in [0.1, 0.15) is 0 Å². The third-order valence-corrected chi connectivity index (χ3v) is 7.79. The van der Waals surface area contributed by atoms with Gasteiger partial charge in [-0.15, -0.1) is 0 Å². The van der Waals surface area contributed by atoms with Crippen LogP contribution in [0.5, 0.6) is 0 Å². The highest BCUT2D eigenvalue weighted by molar-refractivity contribution is 4.95. The van der Waals surface area contributed by atoms with Gasteiger partial charge in [-0.2, -0.15) is 0 Å². The highest BCUT2D eigenvalue weighted by atomic mass is 16.5. The molecule has 0 rings (SSSR count). The molecular weight excluding hydrogens is 352 g/mol. The van der Waals surface area contributed by atoms with E-state index in [2.05, 4.69) is 111 Å². The van der Waals surface area contributed by atoms with E-state index in [9.17, 15) is 0 Å². The molecule has 0 aromatic rings. The molecule has 0 bridgehead atoms. The van der Waals surface area contributed by atoms with Gasteiger partial charge >= 0.3 is 0 Å². The standard InChI is InChI=1S/C28H58O/c1-19(2)21(5)17-23(25(7,8)9)27(13,14)29-28(15,16)24(26(10,11)12)18-22(6)20(3)4/h19-24H,17-18H2,1-16H3. The molecule has 0 heterocycles. The van der Waals surface area contributed by atoms with E-state index in [-0.39, 0.29) is 22.0 Å². The van der Waals surface area contributed by atoms with Crippen LogP contribution < -0.4 is 0 Å². The van der Waals surface area contributed by atoms with Gasteiger partial charge in [0, 0.05) is 0 Å². The maximum atomic E-state index is 7.16. The summed E-state index contributed by atoms with van der Waals surface area (Å²) < 4.78 is 7.16. The van der Waals surface area contributed by atoms with Crippen LogP contribution in [0.3, 0.4) is 0 Å². The fraction of sp³-hybridized carbons (Fsp3) is 1.00. The topological polar surface area (TPSA) is 9.23 Å². The lowest BCUT2D eigenvalue weighted by Crippen LogP contribution is -2.52. The third kappa shape index (κ3) is 8.92. The maximum absolute atomic E-state index is 7.16. The zero-order valence-electron chi connectivity index (χ0n) is 23.3. The van der Waals surface area contributed by atoms with Crippen molar-refractivity contribution in [1.29, 1.82) is 0 Å². The molecule has 0 saturated carbocycles. The van der Waals surface area contributed by atoms with E-state index in [1.165, 1.54) is 12.8 Å². The van der Waals surface area contributed by atoms with E-state index >= 15 is 0 Å². The van der Waals surface area contributed by atoms with Gasteiger partial charge in [-0.3, -0.25) is 0 Å². The van der Waals surface area contributed by atoms with E-state index in [1.807, 2.05) is 0 Å². The number of hydrogen-bond acceptors (Lipinski definition) is 1. The molecule has 0 amide bonds. The van der Waals surface area contributed by atoms with Gasteiger partial charge in [-0.25, -0.2) is 0 Å². The molecule has 0 radical (unpaired) electrons. The molecule has 0 saturated heterocycles. The second kappa shape index (κ2) is 10.1. The van der Waals surface area contributed by atoms with E-state index in [0.29, 0.717) is 35.5 Å². The van der Waals surface area contributed by atoms with E-state index in [4.69, 9.17) is 4.74 Å². The van der Waals surface area contributed by atoms with Gasteiger partial charge in [0.2, 0.25) is 0 Å². The fourth-order valence-corrected chi connectivity index (χ4v) is 5.47. The lowest BCUT2D eigenvalue weighted by molar-refractivity contribution is -0.207. The summed E-state index contributed by atoms with van der Waals surface area (Å²) in [5, 5.41) is 0. The Morgan fingerprint density at radius 1 is 0.483 bits per heavy atom. The SMILES string of the molecule is CC(C)C(C)CC(C(C)(C)C)C(C)(C)OC(C)(C)C(CC(C)C(C)C)C(C)(C)C. The molecule has 176 valence electrons. The minimum atomic E-state index is -0.171. The van der Waals surface area contributed by atoms with Crippen LogP contribution in [0.4, 0.5) is 0 Å². The minimum Gasteiger partial charge on any atom is -0.369 e. The van der Waals surface area contributed by atoms with Gasteiger partial charge in [0.05, 0.1) is 11.2 Å². The molecule has 0 aliphatic heterocycles. The average molecular weight is 411 g/mol. The van der Waals surface area contributed by atoms with Crippen LogP contribution in [0.15, 0.2) is 0 Å². The first-order chi connectivity index (χ1) is 12.6. The van der Waals surface area contributed by atoms with Crippen molar-refractivity contribution in [2.45, 2.75) is 135 Å². The second-order valence-electron chi connectivity index (χ2n) is 14.1. The molecule has 1 nitrogen and oxygen atoms in total. The normalized spacial score (nSPS) is 18.8. The zero-order chi connectivity index (χ0) is 23.6. The molecule has 0 aliphatic carbocycles. The first kappa shape index (κ1) is 29.0. The fourth-order valence-electron chi connectivity index (χ4n) is 5.47. The molecule has 29 heavy (non-hydrogen) atoms. The molecule has 0 aromatic heterocycles. The summed E-state index contributed by atoms with van der Waals surface area (Å²) in [6, 6.07) is 0. The Hall–Kier alpha value is -0.0400. The Morgan fingerprint density at radius 2 is 0.724 bits per heavy atom. The molecule has 1 heteroatoms. The molecule has 0 aromatic carbocycles. The van der Waals surface area contributed by atoms with Crippen molar-refractivity contribution in [3.8, 4) is 0 Å². The van der Waals surface area contributed by atoms with Crippen molar-refractivity contribution >= 4 is 0 Å². The van der Waals surface area contributed by atoms with Crippen LogP contribution in [-0.4, -0.2) is 11.2 Å². The third-order valence-electron chi connectivity index (χ3n) is 7.79. The zero-order valence-corrected chi connectivity index (χ0v) is 23.3. The molecular formula is C28H58O. The smallest absolute Gasteiger partial charge is 0.0667 e. The predicted octanol–water partition coefficient (Wildman–Crippen LogP) is 9.25. The minimum absolute atomic E-state index is 0.171. The lowest BCUT2D eigenvalue weighted by atomic mass is 9.65. The Bertz CT molecular complexity index is 426. The van der Waals surface area contributed by atoms with Crippen molar-refractivity contribution in [1.82, 2.24) is 0 Å². The van der Waals surface area contributed by atoms with Crippen LogP contribution in [0.2, 0.25) is 0 Å². The van der Waals surface area contributed by atoms with E-state index in [1.54, 1.807) is 0 Å². The highest BCUT2D eigenvalue weighted by Crippen LogP contribution is 2.48. The molecule has 4 unspecified atom stereocenters. The van der Waals surface area contributed by atoms with Gasteiger partial charge in [0.25, 0.3) is 0 Å². The Kier molecular flexibility index (Phi) is 10.0. The molecule has 0 aliphatic rings. The quantitative estimate of drug-likeness (QED) is 0.348. The molecule has 0 fully saturated rings. The van der Waals surface area contributed by atoms with E-state index < -0.39 is 0 Å². The van der Waals surface area contributed by atoms with Crippen molar-refractivity contribution in [3.05, 3.63) is 0 Å². The largest absolute Gasteiger partial charge is 0.369 e. The van der Waals surface area contributed by atoms with Gasteiger partial charge in [0.15, 0.2) is 0 Å². The van der Waals surface area contributed by atoms with Gasteiger partial charge < -0.3 is 4.74 Å². The monoisotopic (exact) mass is 410 g/mol. The van der Waals surface area contributed by atoms with Crippen molar-refractivity contribution in [2.24, 2.45) is 46.3 Å². The lowest BCUT2D eigenvalue weighted by Gasteiger charge is -2.52. The summed E-state index contributed by atoms with van der Waals surface area (Å²) in [6.45, 7) is 38.0. The van der Waals surface area contributed by atoms with Crippen LogP contribution in [0, 0.1) is 46.3 Å². The summed E-state index contributed by atoms with van der Waals surface area (Å²) in [6.07, 6.45) is 2.43. The predicted molar refractivity (Wildman–Crippen MR) is 132 cm³/mol. The van der Waals surface area contributed by atoms with Crippen LogP contribution >= 0.6 is 0 Å².